The second-order valence-electron chi connectivity index (χ2n) is 8.90. The van der Waals surface area contributed by atoms with Gasteiger partial charge in [0.25, 0.3) is 0 Å². The van der Waals surface area contributed by atoms with Crippen molar-refractivity contribution in [3.8, 4) is 0 Å². The van der Waals surface area contributed by atoms with Crippen molar-refractivity contribution in [2.75, 3.05) is 31.1 Å². The second-order valence-corrected chi connectivity index (χ2v) is 8.90. The Hall–Kier alpha value is -3.45. The summed E-state index contributed by atoms with van der Waals surface area (Å²) in [7, 11) is 0. The van der Waals surface area contributed by atoms with E-state index in [4.69, 9.17) is 4.42 Å². The Morgan fingerprint density at radius 2 is 1.67 bits per heavy atom. The van der Waals surface area contributed by atoms with Gasteiger partial charge in [0.15, 0.2) is 5.82 Å². The van der Waals surface area contributed by atoms with Crippen molar-refractivity contribution in [1.82, 2.24) is 25.1 Å². The molecule has 0 spiro atoms. The molecule has 0 saturated carbocycles. The standard InChI is InChI=1S/C26H30N6O/c1-19-7-10-22(11-8-19)25(26-27-28-29-32(26)18-23-5-4-16-33-23)31-14-12-30(13-15-31)24-17-20(2)6-9-21(24)3/h4-11,16-17,25H,12-15,18H2,1-3H3. The Morgan fingerprint density at radius 3 is 2.39 bits per heavy atom. The fraction of sp³-hybridized carbons (Fsp3) is 0.346. The third-order valence-electron chi connectivity index (χ3n) is 6.47. The molecule has 3 heterocycles. The molecule has 1 unspecified atom stereocenters. The van der Waals surface area contributed by atoms with E-state index in [1.54, 1.807) is 6.26 Å². The van der Waals surface area contributed by atoms with E-state index in [2.05, 4.69) is 88.6 Å². The zero-order valence-corrected chi connectivity index (χ0v) is 19.5. The van der Waals surface area contributed by atoms with E-state index in [-0.39, 0.29) is 6.04 Å². The number of piperazine rings is 1. The van der Waals surface area contributed by atoms with Crippen molar-refractivity contribution >= 4 is 5.69 Å². The topological polar surface area (TPSA) is 63.2 Å². The molecule has 7 nitrogen and oxygen atoms in total. The first kappa shape index (κ1) is 21.4. The molecule has 33 heavy (non-hydrogen) atoms. The summed E-state index contributed by atoms with van der Waals surface area (Å²) in [5.41, 5.74) is 6.41. The Morgan fingerprint density at radius 1 is 0.909 bits per heavy atom. The Kier molecular flexibility index (Phi) is 5.96. The Balaban J connectivity index is 1.43. The zero-order valence-electron chi connectivity index (χ0n) is 19.5. The van der Waals surface area contributed by atoms with Gasteiger partial charge >= 0.3 is 0 Å². The number of nitrogens with zero attached hydrogens (tertiary/aromatic N) is 6. The van der Waals surface area contributed by atoms with E-state index in [1.165, 1.54) is 27.9 Å². The first-order valence-corrected chi connectivity index (χ1v) is 11.5. The van der Waals surface area contributed by atoms with Gasteiger partial charge in [0.2, 0.25) is 0 Å². The molecule has 0 bridgehead atoms. The second kappa shape index (κ2) is 9.19. The molecule has 1 fully saturated rings. The van der Waals surface area contributed by atoms with Crippen LogP contribution in [0.4, 0.5) is 5.69 Å². The zero-order chi connectivity index (χ0) is 22.8. The summed E-state index contributed by atoms with van der Waals surface area (Å²) in [6.07, 6.45) is 1.68. The molecule has 0 aliphatic carbocycles. The Labute approximate surface area is 194 Å². The van der Waals surface area contributed by atoms with Crippen LogP contribution in [0.2, 0.25) is 0 Å². The molecule has 170 valence electrons. The highest BCUT2D eigenvalue weighted by Crippen LogP contribution is 2.30. The molecular formula is C26H30N6O. The quantitative estimate of drug-likeness (QED) is 0.447. The average molecular weight is 443 g/mol. The van der Waals surface area contributed by atoms with Crippen molar-refractivity contribution in [1.29, 1.82) is 0 Å². The number of rotatable bonds is 6. The molecule has 0 amide bonds. The normalized spacial score (nSPS) is 15.7. The minimum Gasteiger partial charge on any atom is -0.467 e. The van der Waals surface area contributed by atoms with Gasteiger partial charge in [-0.3, -0.25) is 4.90 Å². The number of hydrogen-bond acceptors (Lipinski definition) is 6. The highest BCUT2D eigenvalue weighted by atomic mass is 16.3. The molecule has 2 aromatic heterocycles. The maximum absolute atomic E-state index is 5.56. The monoisotopic (exact) mass is 442 g/mol. The lowest BCUT2D eigenvalue weighted by molar-refractivity contribution is 0.200. The fourth-order valence-electron chi connectivity index (χ4n) is 4.62. The van der Waals surface area contributed by atoms with Crippen molar-refractivity contribution in [3.05, 3.63) is 94.7 Å². The number of aryl methyl sites for hydroxylation is 3. The highest BCUT2D eigenvalue weighted by Gasteiger charge is 2.31. The van der Waals surface area contributed by atoms with Crippen molar-refractivity contribution in [2.24, 2.45) is 0 Å². The summed E-state index contributed by atoms with van der Waals surface area (Å²) >= 11 is 0. The van der Waals surface area contributed by atoms with E-state index >= 15 is 0 Å². The van der Waals surface area contributed by atoms with Crippen LogP contribution in [0.15, 0.2) is 65.3 Å². The molecular weight excluding hydrogens is 412 g/mol. The number of tetrazole rings is 1. The van der Waals surface area contributed by atoms with Crippen LogP contribution < -0.4 is 4.90 Å². The molecule has 0 radical (unpaired) electrons. The smallest absolute Gasteiger partial charge is 0.173 e. The summed E-state index contributed by atoms with van der Waals surface area (Å²) in [4.78, 5) is 4.99. The van der Waals surface area contributed by atoms with Gasteiger partial charge in [-0.15, -0.1) is 5.10 Å². The number of aromatic nitrogens is 4. The SMILES string of the molecule is Cc1ccc(C(c2nnnn2Cc2ccco2)N2CCN(c3cc(C)ccc3C)CC2)cc1. The largest absolute Gasteiger partial charge is 0.467 e. The van der Waals surface area contributed by atoms with E-state index in [1.807, 2.05) is 16.8 Å². The number of anilines is 1. The molecule has 4 aromatic rings. The third-order valence-corrected chi connectivity index (χ3v) is 6.47. The van der Waals surface area contributed by atoms with Gasteiger partial charge in [0.05, 0.1) is 12.3 Å². The summed E-state index contributed by atoms with van der Waals surface area (Å²) in [6, 6.07) is 19.2. The maximum atomic E-state index is 5.56. The van der Waals surface area contributed by atoms with E-state index in [0.717, 1.165) is 37.8 Å². The molecule has 7 heteroatoms. The van der Waals surface area contributed by atoms with Gasteiger partial charge in [-0.25, -0.2) is 4.68 Å². The van der Waals surface area contributed by atoms with Crippen LogP contribution in [-0.4, -0.2) is 51.3 Å². The van der Waals surface area contributed by atoms with Crippen LogP contribution in [0, 0.1) is 20.8 Å². The van der Waals surface area contributed by atoms with Gasteiger partial charge in [-0.05, 0) is 66.1 Å². The molecule has 1 aliphatic heterocycles. The first-order valence-electron chi connectivity index (χ1n) is 11.5. The van der Waals surface area contributed by atoms with Gasteiger partial charge in [-0.2, -0.15) is 0 Å². The van der Waals surface area contributed by atoms with E-state index in [0.29, 0.717) is 6.54 Å². The van der Waals surface area contributed by atoms with Crippen LogP contribution >= 0.6 is 0 Å². The van der Waals surface area contributed by atoms with E-state index < -0.39 is 0 Å². The number of hydrogen-bond donors (Lipinski definition) is 0. The average Bonchev–Trinajstić information content (AvgIpc) is 3.50. The van der Waals surface area contributed by atoms with Crippen LogP contribution in [0.3, 0.4) is 0 Å². The minimum atomic E-state index is -0.0173. The third kappa shape index (κ3) is 4.54. The predicted octanol–water partition coefficient (Wildman–Crippen LogP) is 4.15. The lowest BCUT2D eigenvalue weighted by Crippen LogP contribution is -2.48. The fourth-order valence-corrected chi connectivity index (χ4v) is 4.62. The van der Waals surface area contributed by atoms with Crippen LogP contribution in [0.25, 0.3) is 0 Å². The van der Waals surface area contributed by atoms with Gasteiger partial charge in [0.1, 0.15) is 12.3 Å². The highest BCUT2D eigenvalue weighted by molar-refractivity contribution is 5.55. The molecule has 2 aromatic carbocycles. The lowest BCUT2D eigenvalue weighted by Gasteiger charge is -2.40. The Bertz CT molecular complexity index is 1190. The van der Waals surface area contributed by atoms with Crippen LogP contribution in [-0.2, 0) is 6.54 Å². The van der Waals surface area contributed by atoms with Crippen LogP contribution in [0.1, 0.15) is 39.9 Å². The predicted molar refractivity (Wildman–Crippen MR) is 128 cm³/mol. The number of furan rings is 1. The summed E-state index contributed by atoms with van der Waals surface area (Å²) in [5, 5.41) is 12.8. The molecule has 1 atom stereocenters. The molecule has 1 aliphatic rings. The summed E-state index contributed by atoms with van der Waals surface area (Å²) in [5.74, 6) is 1.68. The molecule has 0 N–H and O–H groups in total. The minimum absolute atomic E-state index is 0.0173. The van der Waals surface area contributed by atoms with Gasteiger partial charge in [-0.1, -0.05) is 42.0 Å². The summed E-state index contributed by atoms with van der Waals surface area (Å²) < 4.78 is 7.42. The van der Waals surface area contributed by atoms with E-state index in [9.17, 15) is 0 Å². The summed E-state index contributed by atoms with van der Waals surface area (Å²) in [6.45, 7) is 10.8. The van der Waals surface area contributed by atoms with Gasteiger partial charge < -0.3 is 9.32 Å². The van der Waals surface area contributed by atoms with Crippen LogP contribution in [0.5, 0.6) is 0 Å². The maximum Gasteiger partial charge on any atom is 0.173 e. The van der Waals surface area contributed by atoms with Crippen molar-refractivity contribution in [3.63, 3.8) is 0 Å². The van der Waals surface area contributed by atoms with Crippen molar-refractivity contribution < 1.29 is 4.42 Å². The number of benzene rings is 2. The molecule has 5 rings (SSSR count). The van der Waals surface area contributed by atoms with Gasteiger partial charge in [0, 0.05) is 31.9 Å². The molecule has 1 saturated heterocycles. The first-order chi connectivity index (χ1) is 16.1. The lowest BCUT2D eigenvalue weighted by atomic mass is 10.0. The van der Waals surface area contributed by atoms with Crippen molar-refractivity contribution in [2.45, 2.75) is 33.4 Å².